The smallest absolute Gasteiger partial charge is 0.310 e. The van der Waals surface area contributed by atoms with Gasteiger partial charge in [0.25, 0.3) is 0 Å². The van der Waals surface area contributed by atoms with E-state index in [4.69, 9.17) is 4.74 Å². The van der Waals surface area contributed by atoms with Crippen molar-refractivity contribution in [3.63, 3.8) is 0 Å². The Hall–Kier alpha value is -1.88. The Morgan fingerprint density at radius 3 is 2.77 bits per heavy atom. The molecule has 0 amide bonds. The predicted octanol–water partition coefficient (Wildman–Crippen LogP) is 4.26. The van der Waals surface area contributed by atoms with E-state index < -0.39 is 0 Å². The summed E-state index contributed by atoms with van der Waals surface area (Å²) < 4.78 is 20.0. The molecule has 0 N–H and O–H groups in total. The van der Waals surface area contributed by atoms with Crippen LogP contribution in [0.1, 0.15) is 39.0 Å². The lowest BCUT2D eigenvalue weighted by molar-refractivity contribution is -0.146. The van der Waals surface area contributed by atoms with Crippen LogP contribution in [-0.4, -0.2) is 49.7 Å². The molecule has 1 aromatic rings. The lowest BCUT2D eigenvalue weighted by Gasteiger charge is -2.50. The topological polar surface area (TPSA) is 32.8 Å². The normalized spacial score (nSPS) is 36.9. The summed E-state index contributed by atoms with van der Waals surface area (Å²) in [7, 11) is 0. The number of rotatable bonds is 3. The molecule has 2 saturated heterocycles. The molecule has 4 aliphatic rings. The van der Waals surface area contributed by atoms with Crippen LogP contribution < -0.4 is 4.90 Å². The fraction of sp³-hybridized carbons (Fsp3) is 0.640. The number of halogens is 1. The molecule has 2 aliphatic carbocycles. The molecule has 0 bridgehead atoms. The molecule has 2 aliphatic heterocycles. The second-order valence-electron chi connectivity index (χ2n) is 10.1. The van der Waals surface area contributed by atoms with Gasteiger partial charge in [-0.2, -0.15) is 0 Å². The van der Waals surface area contributed by atoms with Gasteiger partial charge >= 0.3 is 5.97 Å². The number of anilines is 1. The molecule has 162 valence electrons. The lowest BCUT2D eigenvalue weighted by Crippen LogP contribution is -2.50. The van der Waals surface area contributed by atoms with E-state index in [0.717, 1.165) is 52.0 Å². The largest absolute Gasteiger partial charge is 0.462 e. The van der Waals surface area contributed by atoms with Crippen molar-refractivity contribution in [2.75, 3.05) is 37.6 Å². The highest BCUT2D eigenvalue weighted by molar-refractivity contribution is 5.75. The molecular weight excluding hydrogens is 379 g/mol. The van der Waals surface area contributed by atoms with Crippen LogP contribution in [0.2, 0.25) is 0 Å². The first-order chi connectivity index (χ1) is 14.4. The van der Waals surface area contributed by atoms with Crippen molar-refractivity contribution < 1.29 is 13.9 Å². The summed E-state index contributed by atoms with van der Waals surface area (Å²) in [5.41, 5.74) is 2.32. The zero-order valence-corrected chi connectivity index (χ0v) is 18.0. The van der Waals surface area contributed by atoms with Gasteiger partial charge in [-0.15, -0.1) is 0 Å². The van der Waals surface area contributed by atoms with Crippen molar-refractivity contribution in [1.82, 2.24) is 4.90 Å². The van der Waals surface area contributed by atoms with Gasteiger partial charge in [0.2, 0.25) is 0 Å². The van der Waals surface area contributed by atoms with Crippen LogP contribution in [0.4, 0.5) is 10.1 Å². The summed E-state index contributed by atoms with van der Waals surface area (Å²) in [5.74, 6) is 0.646. The van der Waals surface area contributed by atoms with Gasteiger partial charge in [0.1, 0.15) is 11.9 Å². The molecule has 5 atom stereocenters. The Morgan fingerprint density at radius 2 is 2.00 bits per heavy atom. The quantitative estimate of drug-likeness (QED) is 0.549. The minimum Gasteiger partial charge on any atom is -0.462 e. The van der Waals surface area contributed by atoms with E-state index in [1.165, 1.54) is 24.5 Å². The third-order valence-corrected chi connectivity index (χ3v) is 8.34. The van der Waals surface area contributed by atoms with Crippen LogP contribution >= 0.6 is 0 Å². The standard InChI is InChI=1S/C25H33FN2O2/c1-17-6-5-9-25(2)15-23-18(14-20(17)25)19(24(29)30-23)16-27-10-12-28(13-11-27)22-8-4-3-7-21(22)26/h3-4,7-8,18-20,23H,1,5-6,9-16H2,2H3/t18-,19?,20?,23-,25-/m1/s1. The number of fused-ring (bicyclic) bond motifs is 2. The van der Waals surface area contributed by atoms with Crippen LogP contribution in [0.25, 0.3) is 0 Å². The van der Waals surface area contributed by atoms with Gasteiger partial charge < -0.3 is 9.64 Å². The van der Waals surface area contributed by atoms with E-state index in [9.17, 15) is 9.18 Å². The van der Waals surface area contributed by atoms with Gasteiger partial charge in [-0.25, -0.2) is 4.39 Å². The molecule has 1 aromatic carbocycles. The highest BCUT2D eigenvalue weighted by Gasteiger charge is 2.55. The molecule has 0 radical (unpaired) electrons. The first-order valence-electron chi connectivity index (χ1n) is 11.5. The Morgan fingerprint density at radius 1 is 1.23 bits per heavy atom. The number of esters is 1. The molecule has 2 saturated carbocycles. The SMILES string of the molecule is C=C1CCC[C@]2(C)C[C@H]3OC(=O)C(CN4CCN(c5ccccc5F)CC4)[C@H]3CC12. The van der Waals surface area contributed by atoms with Crippen molar-refractivity contribution in [3.8, 4) is 0 Å². The highest BCUT2D eigenvalue weighted by atomic mass is 19.1. The molecule has 4 fully saturated rings. The van der Waals surface area contributed by atoms with Gasteiger partial charge in [-0.3, -0.25) is 9.69 Å². The van der Waals surface area contributed by atoms with Crippen molar-refractivity contribution in [3.05, 3.63) is 42.2 Å². The number of nitrogens with zero attached hydrogens (tertiary/aromatic N) is 2. The Bertz CT molecular complexity index is 834. The van der Waals surface area contributed by atoms with E-state index in [0.29, 0.717) is 17.5 Å². The fourth-order valence-corrected chi connectivity index (χ4v) is 6.62. The van der Waals surface area contributed by atoms with Crippen molar-refractivity contribution in [2.45, 2.75) is 45.1 Å². The summed E-state index contributed by atoms with van der Waals surface area (Å²) >= 11 is 0. The Labute approximate surface area is 179 Å². The average molecular weight is 413 g/mol. The van der Waals surface area contributed by atoms with Gasteiger partial charge in [0, 0.05) is 38.6 Å². The number of hydrogen-bond acceptors (Lipinski definition) is 4. The molecule has 0 spiro atoms. The molecule has 5 heteroatoms. The third-order valence-electron chi connectivity index (χ3n) is 8.34. The molecular formula is C25H33FN2O2. The van der Waals surface area contributed by atoms with Crippen LogP contribution in [0.3, 0.4) is 0 Å². The van der Waals surface area contributed by atoms with Gasteiger partial charge in [0.15, 0.2) is 0 Å². The highest BCUT2D eigenvalue weighted by Crippen LogP contribution is 2.56. The first-order valence-corrected chi connectivity index (χ1v) is 11.5. The first kappa shape index (κ1) is 20.0. The van der Waals surface area contributed by atoms with E-state index in [1.54, 1.807) is 6.07 Å². The van der Waals surface area contributed by atoms with E-state index in [-0.39, 0.29) is 29.2 Å². The van der Waals surface area contributed by atoms with Crippen molar-refractivity contribution in [1.29, 1.82) is 0 Å². The summed E-state index contributed by atoms with van der Waals surface area (Å²) in [4.78, 5) is 17.3. The van der Waals surface area contributed by atoms with Crippen LogP contribution in [-0.2, 0) is 9.53 Å². The number of allylic oxidation sites excluding steroid dienone is 1. The molecule has 30 heavy (non-hydrogen) atoms. The van der Waals surface area contributed by atoms with Crippen LogP contribution in [0.5, 0.6) is 0 Å². The zero-order valence-electron chi connectivity index (χ0n) is 18.0. The maximum atomic E-state index is 14.1. The fourth-order valence-electron chi connectivity index (χ4n) is 6.62. The number of ether oxygens (including phenoxy) is 1. The third kappa shape index (κ3) is 3.45. The average Bonchev–Trinajstić information content (AvgIpc) is 3.01. The van der Waals surface area contributed by atoms with Gasteiger partial charge in [0.05, 0.1) is 11.6 Å². The molecule has 0 aromatic heterocycles. The van der Waals surface area contributed by atoms with Gasteiger partial charge in [-0.05, 0) is 55.6 Å². The second kappa shape index (κ2) is 7.67. The van der Waals surface area contributed by atoms with E-state index in [1.807, 2.05) is 12.1 Å². The van der Waals surface area contributed by atoms with Gasteiger partial charge in [-0.1, -0.05) is 31.2 Å². The van der Waals surface area contributed by atoms with Crippen LogP contribution in [0, 0.1) is 29.0 Å². The predicted molar refractivity (Wildman–Crippen MR) is 116 cm³/mol. The molecule has 5 rings (SSSR count). The maximum absolute atomic E-state index is 14.1. The maximum Gasteiger partial charge on any atom is 0.310 e. The number of para-hydroxylation sites is 1. The monoisotopic (exact) mass is 412 g/mol. The molecule has 2 heterocycles. The number of carbonyl (C=O) groups excluding carboxylic acids is 1. The number of carbonyl (C=O) groups is 1. The number of piperazine rings is 1. The molecule has 2 unspecified atom stereocenters. The summed E-state index contributed by atoms with van der Waals surface area (Å²) in [5, 5.41) is 0. The minimum absolute atomic E-state index is 0.00519. The van der Waals surface area contributed by atoms with Crippen LogP contribution in [0.15, 0.2) is 36.4 Å². The van der Waals surface area contributed by atoms with E-state index in [2.05, 4.69) is 23.3 Å². The summed E-state index contributed by atoms with van der Waals surface area (Å²) in [6.45, 7) is 10.8. The summed E-state index contributed by atoms with van der Waals surface area (Å²) in [6.07, 6.45) is 5.69. The zero-order chi connectivity index (χ0) is 20.9. The number of hydrogen-bond donors (Lipinski definition) is 0. The van der Waals surface area contributed by atoms with E-state index >= 15 is 0 Å². The minimum atomic E-state index is -0.161. The Balaban J connectivity index is 1.23. The Kier molecular flexibility index (Phi) is 5.12. The second-order valence-corrected chi connectivity index (χ2v) is 10.1. The summed E-state index contributed by atoms with van der Waals surface area (Å²) in [6, 6.07) is 6.98. The van der Waals surface area contributed by atoms with Crippen molar-refractivity contribution in [2.24, 2.45) is 23.2 Å². The molecule has 4 nitrogen and oxygen atoms in total. The van der Waals surface area contributed by atoms with Crippen molar-refractivity contribution >= 4 is 11.7 Å². The lowest BCUT2D eigenvalue weighted by atomic mass is 9.55. The number of benzene rings is 1.